The first-order valence-electron chi connectivity index (χ1n) is 7.15. The van der Waals surface area contributed by atoms with Gasteiger partial charge in [-0.25, -0.2) is 0 Å². The van der Waals surface area contributed by atoms with Crippen molar-refractivity contribution in [3.05, 3.63) is 23.8 Å². The molecule has 6 heteroatoms. The molecule has 0 aromatic heterocycles. The summed E-state index contributed by atoms with van der Waals surface area (Å²) in [7, 11) is 1.60. The SMILES string of the molecule is COc1ccc(C(N)=O)cc1NC(C)CC1COCCN1. The summed E-state index contributed by atoms with van der Waals surface area (Å²) in [5.74, 6) is 0.246. The maximum absolute atomic E-state index is 11.3. The van der Waals surface area contributed by atoms with Crippen molar-refractivity contribution in [2.24, 2.45) is 5.73 Å². The Hall–Kier alpha value is -1.79. The van der Waals surface area contributed by atoms with Crippen LogP contribution in [0.1, 0.15) is 23.7 Å². The zero-order valence-corrected chi connectivity index (χ0v) is 12.5. The van der Waals surface area contributed by atoms with Crippen LogP contribution in [0.2, 0.25) is 0 Å². The van der Waals surface area contributed by atoms with Crippen LogP contribution in [0.15, 0.2) is 18.2 Å². The highest BCUT2D eigenvalue weighted by atomic mass is 16.5. The van der Waals surface area contributed by atoms with E-state index in [4.69, 9.17) is 15.2 Å². The fourth-order valence-electron chi connectivity index (χ4n) is 2.50. The molecule has 4 N–H and O–H groups in total. The van der Waals surface area contributed by atoms with E-state index in [1.807, 2.05) is 0 Å². The van der Waals surface area contributed by atoms with E-state index in [1.54, 1.807) is 25.3 Å². The maximum Gasteiger partial charge on any atom is 0.248 e. The van der Waals surface area contributed by atoms with E-state index in [0.29, 0.717) is 17.4 Å². The van der Waals surface area contributed by atoms with Crippen molar-refractivity contribution in [1.82, 2.24) is 5.32 Å². The first-order chi connectivity index (χ1) is 10.1. The minimum atomic E-state index is -0.448. The topological polar surface area (TPSA) is 85.6 Å². The van der Waals surface area contributed by atoms with Gasteiger partial charge in [-0.15, -0.1) is 0 Å². The summed E-state index contributed by atoms with van der Waals surface area (Å²) in [5, 5.41) is 6.80. The number of hydrogen-bond acceptors (Lipinski definition) is 5. The quantitative estimate of drug-likeness (QED) is 0.728. The van der Waals surface area contributed by atoms with Gasteiger partial charge < -0.3 is 25.8 Å². The zero-order valence-electron chi connectivity index (χ0n) is 12.5. The van der Waals surface area contributed by atoms with Crippen molar-refractivity contribution in [2.45, 2.75) is 25.4 Å². The lowest BCUT2D eigenvalue weighted by Crippen LogP contribution is -2.43. The van der Waals surface area contributed by atoms with Crippen molar-refractivity contribution in [3.63, 3.8) is 0 Å². The van der Waals surface area contributed by atoms with Gasteiger partial charge in [-0.1, -0.05) is 0 Å². The molecule has 0 saturated carbocycles. The lowest BCUT2D eigenvalue weighted by Gasteiger charge is -2.27. The lowest BCUT2D eigenvalue weighted by molar-refractivity contribution is 0.0731. The molecule has 21 heavy (non-hydrogen) atoms. The largest absolute Gasteiger partial charge is 0.495 e. The monoisotopic (exact) mass is 293 g/mol. The molecule has 1 fully saturated rings. The smallest absolute Gasteiger partial charge is 0.248 e. The summed E-state index contributed by atoms with van der Waals surface area (Å²) in [6, 6.07) is 5.68. The third-order valence-corrected chi connectivity index (χ3v) is 3.52. The average molecular weight is 293 g/mol. The highest BCUT2D eigenvalue weighted by molar-refractivity contribution is 5.94. The number of nitrogens with one attached hydrogen (secondary N) is 2. The number of anilines is 1. The number of methoxy groups -OCH3 is 1. The van der Waals surface area contributed by atoms with Crippen LogP contribution in [0.4, 0.5) is 5.69 Å². The van der Waals surface area contributed by atoms with Gasteiger partial charge in [0, 0.05) is 24.2 Å². The molecule has 2 rings (SSSR count). The summed E-state index contributed by atoms with van der Waals surface area (Å²) in [4.78, 5) is 11.3. The highest BCUT2D eigenvalue weighted by Crippen LogP contribution is 2.26. The summed E-state index contributed by atoms with van der Waals surface area (Å²) in [5.41, 5.74) is 6.56. The van der Waals surface area contributed by atoms with Gasteiger partial charge in [-0.3, -0.25) is 4.79 Å². The van der Waals surface area contributed by atoms with Gasteiger partial charge >= 0.3 is 0 Å². The Labute approximate surface area is 125 Å². The van der Waals surface area contributed by atoms with E-state index in [-0.39, 0.29) is 6.04 Å². The maximum atomic E-state index is 11.3. The minimum Gasteiger partial charge on any atom is -0.495 e. The van der Waals surface area contributed by atoms with Crippen molar-refractivity contribution in [2.75, 3.05) is 32.2 Å². The fraction of sp³-hybridized carbons (Fsp3) is 0.533. The van der Waals surface area contributed by atoms with Crippen LogP contribution >= 0.6 is 0 Å². The van der Waals surface area contributed by atoms with Crippen LogP contribution < -0.4 is 21.1 Å². The Morgan fingerprint density at radius 3 is 3.05 bits per heavy atom. The van der Waals surface area contributed by atoms with Crippen LogP contribution in [0.3, 0.4) is 0 Å². The van der Waals surface area contributed by atoms with E-state index >= 15 is 0 Å². The molecule has 0 radical (unpaired) electrons. The van der Waals surface area contributed by atoms with Crippen LogP contribution in [0, 0.1) is 0 Å². The van der Waals surface area contributed by atoms with Crippen molar-refractivity contribution >= 4 is 11.6 Å². The van der Waals surface area contributed by atoms with Gasteiger partial charge in [0.25, 0.3) is 0 Å². The second-order valence-corrected chi connectivity index (χ2v) is 5.29. The predicted octanol–water partition coefficient (Wildman–Crippen LogP) is 0.973. The standard InChI is InChI=1S/C15H23N3O3/c1-10(7-12-9-21-6-5-17-12)18-13-8-11(15(16)19)3-4-14(13)20-2/h3-4,8,10,12,17-18H,5-7,9H2,1-2H3,(H2,16,19). The normalized spacial score (nSPS) is 19.8. The molecule has 116 valence electrons. The first kappa shape index (κ1) is 15.6. The van der Waals surface area contributed by atoms with Gasteiger partial charge in [-0.2, -0.15) is 0 Å². The summed E-state index contributed by atoms with van der Waals surface area (Å²) in [6.45, 7) is 4.47. The Morgan fingerprint density at radius 1 is 1.62 bits per heavy atom. The number of benzene rings is 1. The Kier molecular flexibility index (Phi) is 5.41. The number of morpholine rings is 1. The second kappa shape index (κ2) is 7.28. The molecular formula is C15H23N3O3. The Bertz CT molecular complexity index is 487. The molecule has 1 aliphatic rings. The predicted molar refractivity (Wildman–Crippen MR) is 81.8 cm³/mol. The first-order valence-corrected chi connectivity index (χ1v) is 7.15. The zero-order chi connectivity index (χ0) is 15.2. The summed E-state index contributed by atoms with van der Waals surface area (Å²) in [6.07, 6.45) is 0.921. The van der Waals surface area contributed by atoms with Crippen molar-refractivity contribution in [3.8, 4) is 5.75 Å². The number of rotatable bonds is 6. The number of ether oxygens (including phenoxy) is 2. The van der Waals surface area contributed by atoms with Gasteiger partial charge in [0.2, 0.25) is 5.91 Å². The van der Waals surface area contributed by atoms with Crippen molar-refractivity contribution in [1.29, 1.82) is 0 Å². The van der Waals surface area contributed by atoms with Crippen LogP contribution in [0.25, 0.3) is 0 Å². The molecule has 1 aromatic rings. The van der Waals surface area contributed by atoms with Crippen molar-refractivity contribution < 1.29 is 14.3 Å². The number of amides is 1. The number of hydrogen-bond donors (Lipinski definition) is 3. The fourth-order valence-corrected chi connectivity index (χ4v) is 2.50. The third-order valence-electron chi connectivity index (χ3n) is 3.52. The van der Waals surface area contributed by atoms with E-state index < -0.39 is 5.91 Å². The number of carbonyl (C=O) groups excluding carboxylic acids is 1. The molecule has 2 unspecified atom stereocenters. The molecule has 0 bridgehead atoms. The summed E-state index contributed by atoms with van der Waals surface area (Å²) >= 11 is 0. The van der Waals surface area contributed by atoms with Crippen LogP contribution in [-0.2, 0) is 4.74 Å². The minimum absolute atomic E-state index is 0.209. The van der Waals surface area contributed by atoms with Gasteiger partial charge in [0.15, 0.2) is 0 Å². The van der Waals surface area contributed by atoms with E-state index in [0.717, 1.165) is 31.9 Å². The number of carbonyl (C=O) groups is 1. The molecule has 1 aliphatic heterocycles. The molecule has 0 aliphatic carbocycles. The van der Waals surface area contributed by atoms with E-state index in [2.05, 4.69) is 17.6 Å². The molecule has 6 nitrogen and oxygen atoms in total. The number of nitrogens with two attached hydrogens (primary N) is 1. The highest BCUT2D eigenvalue weighted by Gasteiger charge is 2.17. The van der Waals surface area contributed by atoms with Gasteiger partial charge in [-0.05, 0) is 31.5 Å². The molecule has 0 spiro atoms. The molecule has 1 saturated heterocycles. The molecular weight excluding hydrogens is 270 g/mol. The Balaban J connectivity index is 2.02. The van der Waals surface area contributed by atoms with Gasteiger partial charge in [0.1, 0.15) is 5.75 Å². The van der Waals surface area contributed by atoms with E-state index in [9.17, 15) is 4.79 Å². The Morgan fingerprint density at radius 2 is 2.43 bits per heavy atom. The molecule has 1 amide bonds. The van der Waals surface area contributed by atoms with Gasteiger partial charge in [0.05, 0.1) is 26.0 Å². The average Bonchev–Trinajstić information content (AvgIpc) is 2.48. The summed E-state index contributed by atoms with van der Waals surface area (Å²) < 4.78 is 10.8. The number of primary amides is 1. The molecule has 1 heterocycles. The van der Waals surface area contributed by atoms with Crippen LogP contribution in [-0.4, -0.2) is 44.9 Å². The third kappa shape index (κ3) is 4.34. The van der Waals surface area contributed by atoms with E-state index in [1.165, 1.54) is 0 Å². The lowest BCUT2D eigenvalue weighted by atomic mass is 10.1. The molecule has 1 aromatic carbocycles. The second-order valence-electron chi connectivity index (χ2n) is 5.29. The van der Waals surface area contributed by atoms with Crippen LogP contribution in [0.5, 0.6) is 5.75 Å². The molecule has 2 atom stereocenters.